The molecule has 2 N–H and O–H groups in total. The van der Waals surface area contributed by atoms with E-state index in [4.69, 9.17) is 4.74 Å². The predicted octanol–water partition coefficient (Wildman–Crippen LogP) is 3.51. The Balaban J connectivity index is 0.00000144. The van der Waals surface area contributed by atoms with Gasteiger partial charge in [0.25, 0.3) is 0 Å². The van der Waals surface area contributed by atoms with E-state index in [1.807, 2.05) is 6.07 Å². The lowest BCUT2D eigenvalue weighted by atomic mass is 9.85. The minimum absolute atomic E-state index is 0. The third kappa shape index (κ3) is 4.74. The molecule has 0 saturated carbocycles. The largest absolute Gasteiger partial charge is 0.505 e. The molecule has 4 nitrogen and oxygen atoms in total. The van der Waals surface area contributed by atoms with E-state index >= 15 is 0 Å². The molecule has 1 aromatic carbocycles. The summed E-state index contributed by atoms with van der Waals surface area (Å²) in [5.74, 6) is -0.396. The van der Waals surface area contributed by atoms with Crippen LogP contribution in [0.3, 0.4) is 0 Å². The van der Waals surface area contributed by atoms with E-state index in [1.54, 1.807) is 6.07 Å². The van der Waals surface area contributed by atoms with Crippen LogP contribution in [0.4, 0.5) is 4.39 Å². The first-order valence-corrected chi connectivity index (χ1v) is 8.67. The summed E-state index contributed by atoms with van der Waals surface area (Å²) in [5.41, 5.74) is 0.703. The van der Waals surface area contributed by atoms with Crippen molar-refractivity contribution in [3.8, 4) is 5.75 Å². The zero-order valence-electron chi connectivity index (χ0n) is 13.3. The lowest BCUT2D eigenvalue weighted by Crippen LogP contribution is -2.47. The second-order valence-electron chi connectivity index (χ2n) is 5.98. The van der Waals surface area contributed by atoms with Gasteiger partial charge in [0.2, 0.25) is 0 Å². The molecule has 138 valence electrons. The minimum atomic E-state index is -0.565. The van der Waals surface area contributed by atoms with Crippen LogP contribution in [0, 0.1) is 11.7 Å². The van der Waals surface area contributed by atoms with Crippen LogP contribution in [-0.2, 0) is 4.74 Å². The average Bonchev–Trinajstić information content (AvgIpc) is 2.57. The second-order valence-corrected chi connectivity index (χ2v) is 6.83. The fourth-order valence-corrected chi connectivity index (χ4v) is 3.85. The van der Waals surface area contributed by atoms with Crippen molar-refractivity contribution >= 4 is 40.7 Å². The molecule has 2 aliphatic rings. The highest BCUT2D eigenvalue weighted by Crippen LogP contribution is 2.41. The summed E-state index contributed by atoms with van der Waals surface area (Å²) in [5, 5.41) is 13.7. The Kier molecular flexibility index (Phi) is 9.27. The number of nitrogens with zero attached hydrogens (tertiary/aromatic N) is 1. The summed E-state index contributed by atoms with van der Waals surface area (Å²) >= 11 is 3.14. The Morgan fingerprint density at radius 2 is 1.83 bits per heavy atom. The molecule has 0 aliphatic carbocycles. The molecule has 3 rings (SSSR count). The van der Waals surface area contributed by atoms with E-state index in [9.17, 15) is 9.50 Å². The number of rotatable bonds is 3. The number of nitrogens with one attached hydrogen (secondary N) is 1. The van der Waals surface area contributed by atoms with E-state index in [0.717, 1.165) is 52.2 Å². The van der Waals surface area contributed by atoms with Gasteiger partial charge in [-0.2, -0.15) is 0 Å². The lowest BCUT2D eigenvalue weighted by Gasteiger charge is -2.41. The van der Waals surface area contributed by atoms with Crippen LogP contribution in [0.5, 0.6) is 5.75 Å². The van der Waals surface area contributed by atoms with E-state index in [1.165, 1.54) is 0 Å². The van der Waals surface area contributed by atoms with Crippen molar-refractivity contribution in [2.24, 2.45) is 5.92 Å². The molecular weight excluding hydrogens is 422 g/mol. The molecule has 1 atom stereocenters. The molecule has 0 amide bonds. The zero-order valence-corrected chi connectivity index (χ0v) is 16.6. The third-order valence-electron chi connectivity index (χ3n) is 4.68. The van der Waals surface area contributed by atoms with Gasteiger partial charge in [0.1, 0.15) is 0 Å². The highest BCUT2D eigenvalue weighted by atomic mass is 79.9. The summed E-state index contributed by atoms with van der Waals surface area (Å²) in [6.07, 6.45) is 1.90. The highest BCUT2D eigenvalue weighted by Gasteiger charge is 2.33. The van der Waals surface area contributed by atoms with E-state index < -0.39 is 5.82 Å². The van der Waals surface area contributed by atoms with Gasteiger partial charge in [0.15, 0.2) is 11.6 Å². The molecule has 0 aromatic heterocycles. The van der Waals surface area contributed by atoms with Crippen LogP contribution in [0.2, 0.25) is 0 Å². The second kappa shape index (κ2) is 10.1. The van der Waals surface area contributed by atoms with Gasteiger partial charge in [0.05, 0.1) is 4.47 Å². The fourth-order valence-electron chi connectivity index (χ4n) is 3.53. The molecule has 0 unspecified atom stereocenters. The summed E-state index contributed by atoms with van der Waals surface area (Å²) < 4.78 is 19.9. The standard InChI is InChI=1S/C16H22BrFN2O2.2ClH/c17-13-2-1-12(16(21)14(13)18)15(11-3-9-22-10-4-11)20-7-5-19-6-8-20;;/h1-2,11,15,19,21H,3-10H2;2*1H/t15-;;/m0../s1. The normalized spacial score (nSPS) is 20.8. The Bertz CT molecular complexity index is 509. The number of piperazine rings is 1. The molecule has 1 aromatic rings. The Labute approximate surface area is 163 Å². The molecule has 2 saturated heterocycles. The monoisotopic (exact) mass is 444 g/mol. The van der Waals surface area contributed by atoms with Crippen LogP contribution in [-0.4, -0.2) is 49.4 Å². The third-order valence-corrected chi connectivity index (χ3v) is 5.29. The van der Waals surface area contributed by atoms with E-state index in [0.29, 0.717) is 16.0 Å². The topological polar surface area (TPSA) is 44.7 Å². The highest BCUT2D eigenvalue weighted by molar-refractivity contribution is 9.10. The molecular formula is C16H24BrCl2FN2O2. The number of hydrogen-bond acceptors (Lipinski definition) is 4. The lowest BCUT2D eigenvalue weighted by molar-refractivity contribution is 0.0205. The maximum absolute atomic E-state index is 14.1. The van der Waals surface area contributed by atoms with Gasteiger partial charge in [0, 0.05) is 51.0 Å². The van der Waals surface area contributed by atoms with Gasteiger partial charge in [-0.15, -0.1) is 24.8 Å². The molecule has 2 aliphatic heterocycles. The molecule has 0 radical (unpaired) electrons. The van der Waals surface area contributed by atoms with Crippen molar-refractivity contribution in [1.82, 2.24) is 10.2 Å². The van der Waals surface area contributed by atoms with Crippen molar-refractivity contribution in [3.05, 3.63) is 28.0 Å². The number of hydrogen-bond donors (Lipinski definition) is 2. The zero-order chi connectivity index (χ0) is 15.5. The van der Waals surface area contributed by atoms with Crippen LogP contribution < -0.4 is 5.32 Å². The van der Waals surface area contributed by atoms with Crippen molar-refractivity contribution < 1.29 is 14.2 Å². The Morgan fingerprint density at radius 3 is 2.46 bits per heavy atom. The fraction of sp³-hybridized carbons (Fsp3) is 0.625. The van der Waals surface area contributed by atoms with Crippen LogP contribution in [0.1, 0.15) is 24.4 Å². The van der Waals surface area contributed by atoms with Gasteiger partial charge in [-0.05, 0) is 40.8 Å². The number of benzene rings is 1. The number of phenols is 1. The van der Waals surface area contributed by atoms with Crippen LogP contribution in [0.15, 0.2) is 16.6 Å². The van der Waals surface area contributed by atoms with Gasteiger partial charge in [-0.25, -0.2) is 4.39 Å². The smallest absolute Gasteiger partial charge is 0.179 e. The average molecular weight is 446 g/mol. The first-order chi connectivity index (χ1) is 10.7. The van der Waals surface area contributed by atoms with Gasteiger partial charge in [-0.3, -0.25) is 4.90 Å². The Hall–Kier alpha value is -0.110. The number of aromatic hydroxyl groups is 1. The molecule has 0 bridgehead atoms. The maximum atomic E-state index is 14.1. The van der Waals surface area contributed by atoms with Crippen molar-refractivity contribution in [3.63, 3.8) is 0 Å². The summed E-state index contributed by atoms with van der Waals surface area (Å²) in [4.78, 5) is 2.37. The van der Waals surface area contributed by atoms with E-state index in [-0.39, 0.29) is 36.6 Å². The van der Waals surface area contributed by atoms with Crippen LogP contribution >= 0.6 is 40.7 Å². The van der Waals surface area contributed by atoms with E-state index in [2.05, 4.69) is 26.1 Å². The molecule has 24 heavy (non-hydrogen) atoms. The van der Waals surface area contributed by atoms with Crippen molar-refractivity contribution in [1.29, 1.82) is 0 Å². The summed E-state index contributed by atoms with van der Waals surface area (Å²) in [6, 6.07) is 3.59. The summed E-state index contributed by atoms with van der Waals surface area (Å²) in [7, 11) is 0. The van der Waals surface area contributed by atoms with Crippen molar-refractivity contribution in [2.75, 3.05) is 39.4 Å². The summed E-state index contributed by atoms with van der Waals surface area (Å²) in [6.45, 7) is 5.18. The van der Waals surface area contributed by atoms with Gasteiger partial charge in [-0.1, -0.05) is 6.07 Å². The first kappa shape index (κ1) is 21.9. The molecule has 0 spiro atoms. The van der Waals surface area contributed by atoms with Gasteiger partial charge >= 0.3 is 0 Å². The first-order valence-electron chi connectivity index (χ1n) is 7.88. The molecule has 2 fully saturated rings. The van der Waals surface area contributed by atoms with Gasteiger partial charge < -0.3 is 15.2 Å². The van der Waals surface area contributed by atoms with Crippen molar-refractivity contribution in [2.45, 2.75) is 18.9 Å². The minimum Gasteiger partial charge on any atom is -0.505 e. The number of phenolic OH excluding ortho intramolecular Hbond substituents is 1. The number of halogens is 4. The van der Waals surface area contributed by atoms with Crippen LogP contribution in [0.25, 0.3) is 0 Å². The number of ether oxygens (including phenoxy) is 1. The maximum Gasteiger partial charge on any atom is 0.179 e. The SMILES string of the molecule is Cl.Cl.Oc1c([C@H](C2CCOCC2)N2CCNCC2)ccc(Br)c1F. The molecule has 2 heterocycles. The Morgan fingerprint density at radius 1 is 1.21 bits per heavy atom. The quantitative estimate of drug-likeness (QED) is 0.747. The predicted molar refractivity (Wildman–Crippen MR) is 101 cm³/mol. The molecule has 8 heteroatoms.